The van der Waals surface area contributed by atoms with Crippen LogP contribution in [0.1, 0.15) is 38.2 Å². The molecule has 2 rings (SSSR count). The van der Waals surface area contributed by atoms with Gasteiger partial charge in [0.25, 0.3) is 0 Å². The molecule has 1 aromatic carbocycles. The van der Waals surface area contributed by atoms with Gasteiger partial charge >= 0.3 is 5.97 Å². The summed E-state index contributed by atoms with van der Waals surface area (Å²) in [6, 6.07) is 8.72. The number of aliphatic carboxylic acids is 1. The zero-order chi connectivity index (χ0) is 15.9. The van der Waals surface area contributed by atoms with E-state index in [4.69, 9.17) is 9.84 Å². The van der Waals surface area contributed by atoms with E-state index in [1.807, 2.05) is 12.1 Å². The number of rotatable bonds is 7. The lowest BCUT2D eigenvalue weighted by molar-refractivity contribution is -0.142. The third kappa shape index (κ3) is 5.02. The highest BCUT2D eigenvalue weighted by atomic mass is 16.5. The molecule has 122 valence electrons. The van der Waals surface area contributed by atoms with Crippen molar-refractivity contribution in [2.75, 3.05) is 13.7 Å². The molecule has 0 bridgehead atoms. The number of carbonyl (C=O) groups is 1. The normalized spacial score (nSPS) is 23.0. The number of benzene rings is 1. The maximum atomic E-state index is 10.9. The monoisotopic (exact) mass is 305 g/mol. The number of carboxylic acid groups (broad SMARTS) is 1. The molecule has 1 unspecified atom stereocenters. The molecule has 0 radical (unpaired) electrons. The Bertz CT molecular complexity index is 464. The first-order chi connectivity index (χ1) is 10.6. The van der Waals surface area contributed by atoms with Gasteiger partial charge in [0.05, 0.1) is 13.0 Å². The van der Waals surface area contributed by atoms with Crippen LogP contribution in [0.4, 0.5) is 0 Å². The van der Waals surface area contributed by atoms with Crippen molar-refractivity contribution in [1.29, 1.82) is 0 Å². The molecule has 1 fully saturated rings. The van der Waals surface area contributed by atoms with Crippen LogP contribution in [0.15, 0.2) is 24.3 Å². The summed E-state index contributed by atoms with van der Waals surface area (Å²) >= 11 is 0. The smallest absolute Gasteiger partial charge is 0.306 e. The third-order valence-electron chi connectivity index (χ3n) is 4.57. The molecule has 0 aromatic heterocycles. The molecular formula is C18H27NO3. The highest BCUT2D eigenvalue weighted by molar-refractivity contribution is 5.70. The SMILES string of the molecule is COc1ccc(CC(C)CNC2CCC(C(=O)O)CC2)cc1. The molecular weight excluding hydrogens is 278 g/mol. The average molecular weight is 305 g/mol. The van der Waals surface area contributed by atoms with Gasteiger partial charge in [0.1, 0.15) is 5.75 Å². The van der Waals surface area contributed by atoms with Gasteiger partial charge in [-0.3, -0.25) is 4.79 Å². The van der Waals surface area contributed by atoms with Crippen LogP contribution in [0.5, 0.6) is 5.75 Å². The van der Waals surface area contributed by atoms with Crippen LogP contribution in [0.3, 0.4) is 0 Å². The third-order valence-corrected chi connectivity index (χ3v) is 4.57. The van der Waals surface area contributed by atoms with E-state index in [9.17, 15) is 4.79 Å². The van der Waals surface area contributed by atoms with Crippen LogP contribution in [-0.4, -0.2) is 30.8 Å². The van der Waals surface area contributed by atoms with Crippen molar-refractivity contribution in [3.8, 4) is 5.75 Å². The van der Waals surface area contributed by atoms with E-state index in [0.29, 0.717) is 12.0 Å². The van der Waals surface area contributed by atoms with Gasteiger partial charge in [-0.25, -0.2) is 0 Å². The second-order valence-electron chi connectivity index (χ2n) is 6.45. The fraction of sp³-hybridized carbons (Fsp3) is 0.611. The number of carboxylic acids is 1. The van der Waals surface area contributed by atoms with Crippen molar-refractivity contribution < 1.29 is 14.6 Å². The van der Waals surface area contributed by atoms with Gasteiger partial charge in [-0.2, -0.15) is 0 Å². The number of methoxy groups -OCH3 is 1. The molecule has 0 aliphatic heterocycles. The van der Waals surface area contributed by atoms with E-state index in [2.05, 4.69) is 24.4 Å². The molecule has 22 heavy (non-hydrogen) atoms. The Hall–Kier alpha value is -1.55. The Morgan fingerprint density at radius 3 is 2.45 bits per heavy atom. The minimum atomic E-state index is -0.633. The molecule has 0 saturated heterocycles. The molecule has 1 aliphatic rings. The first-order valence-corrected chi connectivity index (χ1v) is 8.17. The standard InChI is InChI=1S/C18H27NO3/c1-13(11-14-3-9-17(22-2)10-4-14)12-19-16-7-5-15(6-8-16)18(20)21/h3-4,9-10,13,15-16,19H,5-8,11-12H2,1-2H3,(H,20,21). The fourth-order valence-corrected chi connectivity index (χ4v) is 3.15. The second-order valence-corrected chi connectivity index (χ2v) is 6.45. The zero-order valence-electron chi connectivity index (χ0n) is 13.5. The summed E-state index contributed by atoms with van der Waals surface area (Å²) in [4.78, 5) is 10.9. The first-order valence-electron chi connectivity index (χ1n) is 8.17. The predicted octanol–water partition coefficient (Wildman–Crippen LogP) is 3.11. The van der Waals surface area contributed by atoms with Gasteiger partial charge in [-0.05, 0) is 62.3 Å². The number of ether oxygens (including phenoxy) is 1. The molecule has 0 heterocycles. The van der Waals surface area contributed by atoms with Gasteiger partial charge in [-0.15, -0.1) is 0 Å². The van der Waals surface area contributed by atoms with E-state index in [-0.39, 0.29) is 5.92 Å². The van der Waals surface area contributed by atoms with Crippen LogP contribution in [-0.2, 0) is 11.2 Å². The van der Waals surface area contributed by atoms with Crippen molar-refractivity contribution in [2.45, 2.75) is 45.1 Å². The molecule has 0 spiro atoms. The lowest BCUT2D eigenvalue weighted by atomic mass is 9.86. The summed E-state index contributed by atoms with van der Waals surface area (Å²) < 4.78 is 5.17. The van der Waals surface area contributed by atoms with Crippen molar-refractivity contribution in [2.24, 2.45) is 11.8 Å². The maximum Gasteiger partial charge on any atom is 0.306 e. The van der Waals surface area contributed by atoms with Gasteiger partial charge in [-0.1, -0.05) is 19.1 Å². The maximum absolute atomic E-state index is 10.9. The molecule has 1 aliphatic carbocycles. The number of hydrogen-bond acceptors (Lipinski definition) is 3. The number of hydrogen-bond donors (Lipinski definition) is 2. The van der Waals surface area contributed by atoms with E-state index in [1.54, 1.807) is 7.11 Å². The van der Waals surface area contributed by atoms with Gasteiger partial charge in [0, 0.05) is 6.04 Å². The summed E-state index contributed by atoms with van der Waals surface area (Å²) in [6.07, 6.45) is 4.61. The van der Waals surface area contributed by atoms with Gasteiger partial charge in [0.2, 0.25) is 0 Å². The largest absolute Gasteiger partial charge is 0.497 e. The molecule has 1 aromatic rings. The van der Waals surface area contributed by atoms with Gasteiger partial charge < -0.3 is 15.2 Å². The minimum absolute atomic E-state index is 0.130. The summed E-state index contributed by atoms with van der Waals surface area (Å²) in [6.45, 7) is 3.23. The van der Waals surface area contributed by atoms with Crippen molar-refractivity contribution in [3.05, 3.63) is 29.8 Å². The Labute approximate surface area is 132 Å². The highest BCUT2D eigenvalue weighted by Crippen LogP contribution is 2.24. The quantitative estimate of drug-likeness (QED) is 0.812. The van der Waals surface area contributed by atoms with E-state index in [1.165, 1.54) is 5.56 Å². The molecule has 4 heteroatoms. The molecule has 2 N–H and O–H groups in total. The van der Waals surface area contributed by atoms with Crippen LogP contribution in [0.2, 0.25) is 0 Å². The zero-order valence-corrected chi connectivity index (χ0v) is 13.5. The Kier molecular flexibility index (Phi) is 6.25. The average Bonchev–Trinajstić information content (AvgIpc) is 2.54. The summed E-state index contributed by atoms with van der Waals surface area (Å²) in [7, 11) is 1.68. The summed E-state index contributed by atoms with van der Waals surface area (Å²) in [5.74, 6) is 0.691. The lowest BCUT2D eigenvalue weighted by Gasteiger charge is -2.28. The summed E-state index contributed by atoms with van der Waals surface area (Å²) in [5, 5.41) is 12.6. The molecule has 4 nitrogen and oxygen atoms in total. The number of nitrogens with one attached hydrogen (secondary N) is 1. The van der Waals surface area contributed by atoms with Gasteiger partial charge in [0.15, 0.2) is 0 Å². The summed E-state index contributed by atoms with van der Waals surface area (Å²) in [5.41, 5.74) is 1.32. The molecule has 0 amide bonds. The van der Waals surface area contributed by atoms with E-state index < -0.39 is 5.97 Å². The Morgan fingerprint density at radius 2 is 1.91 bits per heavy atom. The van der Waals surface area contributed by atoms with Crippen LogP contribution in [0, 0.1) is 11.8 Å². The minimum Gasteiger partial charge on any atom is -0.497 e. The van der Waals surface area contributed by atoms with E-state index >= 15 is 0 Å². The topological polar surface area (TPSA) is 58.6 Å². The van der Waals surface area contributed by atoms with Crippen LogP contribution < -0.4 is 10.1 Å². The van der Waals surface area contributed by atoms with Crippen molar-refractivity contribution in [3.63, 3.8) is 0 Å². The van der Waals surface area contributed by atoms with E-state index in [0.717, 1.165) is 44.4 Å². The first kappa shape index (κ1) is 16.8. The second kappa shape index (κ2) is 8.18. The molecule has 1 atom stereocenters. The lowest BCUT2D eigenvalue weighted by Crippen LogP contribution is -2.37. The Balaban J connectivity index is 1.69. The highest BCUT2D eigenvalue weighted by Gasteiger charge is 2.25. The Morgan fingerprint density at radius 1 is 1.27 bits per heavy atom. The fourth-order valence-electron chi connectivity index (χ4n) is 3.15. The molecule has 1 saturated carbocycles. The van der Waals surface area contributed by atoms with Crippen LogP contribution in [0.25, 0.3) is 0 Å². The van der Waals surface area contributed by atoms with Crippen LogP contribution >= 0.6 is 0 Å². The van der Waals surface area contributed by atoms with Crippen molar-refractivity contribution >= 4 is 5.97 Å². The van der Waals surface area contributed by atoms with Crippen molar-refractivity contribution in [1.82, 2.24) is 5.32 Å². The predicted molar refractivity (Wildman–Crippen MR) is 87.2 cm³/mol.